The highest BCUT2D eigenvalue weighted by Gasteiger charge is 2.07. The lowest BCUT2D eigenvalue weighted by Crippen LogP contribution is -1.96. The molecule has 0 saturated carbocycles. The first-order chi connectivity index (χ1) is 14.7. The van der Waals surface area contributed by atoms with Gasteiger partial charge in [-0.1, -0.05) is 25.0 Å². The van der Waals surface area contributed by atoms with Crippen LogP contribution in [0.1, 0.15) is 36.8 Å². The second-order valence-corrected chi connectivity index (χ2v) is 6.65. The summed E-state index contributed by atoms with van der Waals surface area (Å²) >= 11 is 0. The van der Waals surface area contributed by atoms with E-state index in [9.17, 15) is 0 Å². The molecule has 0 amide bonds. The zero-order valence-electron chi connectivity index (χ0n) is 18.4. The number of ether oxygens (including phenoxy) is 4. The highest BCUT2D eigenvalue weighted by Crippen LogP contribution is 2.30. The van der Waals surface area contributed by atoms with Crippen LogP contribution in [0.15, 0.2) is 46.4 Å². The van der Waals surface area contributed by atoms with E-state index < -0.39 is 0 Å². The Morgan fingerprint density at radius 3 is 1.40 bits per heavy atom. The van der Waals surface area contributed by atoms with Gasteiger partial charge in [-0.2, -0.15) is 0 Å². The van der Waals surface area contributed by atoms with Crippen molar-refractivity contribution in [2.45, 2.75) is 25.7 Å². The van der Waals surface area contributed by atoms with E-state index in [1.807, 2.05) is 48.8 Å². The summed E-state index contributed by atoms with van der Waals surface area (Å²) in [6.45, 7) is 1.59. The Labute approximate surface area is 179 Å². The van der Waals surface area contributed by atoms with Crippen LogP contribution in [0.3, 0.4) is 0 Å². The van der Waals surface area contributed by atoms with Crippen molar-refractivity contribution in [1.82, 2.24) is 0 Å². The Bertz CT molecular complexity index is 764. The van der Waals surface area contributed by atoms with Gasteiger partial charge in [0.05, 0.1) is 28.4 Å². The van der Waals surface area contributed by atoms with Crippen LogP contribution < -0.4 is 18.9 Å². The lowest BCUT2D eigenvalue weighted by Gasteiger charge is -2.09. The summed E-state index contributed by atoms with van der Waals surface area (Å²) < 4.78 is 21.5. The third kappa shape index (κ3) is 6.79. The zero-order chi connectivity index (χ0) is 21.6. The molecule has 0 atom stereocenters. The Kier molecular flexibility index (Phi) is 10.3. The fourth-order valence-electron chi connectivity index (χ4n) is 3.11. The first-order valence-corrected chi connectivity index (χ1v) is 10.2. The molecule has 0 unspecified atom stereocenters. The second-order valence-electron chi connectivity index (χ2n) is 6.65. The van der Waals surface area contributed by atoms with Gasteiger partial charge in [-0.05, 0) is 37.1 Å². The van der Waals surface area contributed by atoms with E-state index in [1.165, 1.54) is 0 Å². The summed E-state index contributed by atoms with van der Waals surface area (Å²) in [6, 6.07) is 11.6. The van der Waals surface area contributed by atoms with Crippen molar-refractivity contribution < 1.29 is 18.9 Å². The molecule has 0 saturated heterocycles. The normalized spacial score (nSPS) is 11.2. The Morgan fingerprint density at radius 1 is 0.600 bits per heavy atom. The molecule has 0 fully saturated rings. The molecule has 2 rings (SSSR count). The van der Waals surface area contributed by atoms with E-state index in [4.69, 9.17) is 18.9 Å². The van der Waals surface area contributed by atoms with Crippen LogP contribution in [-0.4, -0.2) is 54.0 Å². The maximum Gasteiger partial charge on any atom is 0.169 e. The average Bonchev–Trinajstić information content (AvgIpc) is 2.79. The quantitative estimate of drug-likeness (QED) is 0.350. The molecule has 0 N–H and O–H groups in total. The maximum absolute atomic E-state index is 5.42. The Morgan fingerprint density at radius 2 is 1.03 bits per heavy atom. The summed E-state index contributed by atoms with van der Waals surface area (Å²) in [6.07, 6.45) is 8.07. The van der Waals surface area contributed by atoms with Crippen LogP contribution in [0.4, 0.5) is 0 Å². The molecule has 0 aliphatic rings. The first-order valence-electron chi connectivity index (χ1n) is 10.2. The van der Waals surface area contributed by atoms with E-state index in [-0.39, 0.29) is 0 Å². The summed E-state index contributed by atoms with van der Waals surface area (Å²) in [5, 5.41) is 0. The summed E-state index contributed by atoms with van der Waals surface area (Å²) in [4.78, 5) is 9.04. The van der Waals surface area contributed by atoms with Crippen LogP contribution in [-0.2, 0) is 0 Å². The predicted molar refractivity (Wildman–Crippen MR) is 122 cm³/mol. The molecular formula is C24H32N2O4. The smallest absolute Gasteiger partial charge is 0.169 e. The zero-order valence-corrected chi connectivity index (χ0v) is 18.4. The van der Waals surface area contributed by atoms with Gasteiger partial charge in [0, 0.05) is 36.6 Å². The molecule has 0 aliphatic carbocycles. The molecule has 0 radical (unpaired) electrons. The number of benzene rings is 2. The maximum atomic E-state index is 5.42. The lowest BCUT2D eigenvalue weighted by atomic mass is 10.2. The van der Waals surface area contributed by atoms with Gasteiger partial charge in [0.15, 0.2) is 23.0 Å². The van der Waals surface area contributed by atoms with Crippen LogP contribution in [0.25, 0.3) is 0 Å². The third-order valence-electron chi connectivity index (χ3n) is 4.65. The number of rotatable bonds is 13. The van der Waals surface area contributed by atoms with Gasteiger partial charge in [-0.15, -0.1) is 0 Å². The van der Waals surface area contributed by atoms with Crippen molar-refractivity contribution in [2.24, 2.45) is 9.98 Å². The van der Waals surface area contributed by atoms with Gasteiger partial charge in [0.2, 0.25) is 0 Å². The van der Waals surface area contributed by atoms with Crippen LogP contribution in [0, 0.1) is 0 Å². The minimum atomic E-state index is 0.716. The number of aliphatic imine (C=N–C) groups is 2. The van der Waals surface area contributed by atoms with Crippen molar-refractivity contribution in [3.63, 3.8) is 0 Å². The van der Waals surface area contributed by atoms with Crippen molar-refractivity contribution in [3.8, 4) is 23.0 Å². The molecule has 2 aromatic rings. The minimum absolute atomic E-state index is 0.716. The molecule has 6 nitrogen and oxygen atoms in total. The predicted octanol–water partition coefficient (Wildman–Crippen LogP) is 4.82. The highest BCUT2D eigenvalue weighted by molar-refractivity contribution is 5.85. The monoisotopic (exact) mass is 412 g/mol. The molecular weight excluding hydrogens is 380 g/mol. The van der Waals surface area contributed by atoms with Gasteiger partial charge >= 0.3 is 0 Å². The topological polar surface area (TPSA) is 61.6 Å². The number of methoxy groups -OCH3 is 4. The molecule has 0 bridgehead atoms. The molecule has 0 aromatic heterocycles. The van der Waals surface area contributed by atoms with Crippen molar-refractivity contribution in [2.75, 3.05) is 41.5 Å². The van der Waals surface area contributed by atoms with E-state index >= 15 is 0 Å². The lowest BCUT2D eigenvalue weighted by molar-refractivity contribution is 0.354. The SMILES string of the molecule is COc1cccc(C=NCCCCCCN=Cc2cccc(OC)c2OC)c1OC. The summed E-state index contributed by atoms with van der Waals surface area (Å²) in [5.74, 6) is 2.87. The van der Waals surface area contributed by atoms with E-state index in [0.717, 1.165) is 49.9 Å². The van der Waals surface area contributed by atoms with Crippen molar-refractivity contribution >= 4 is 12.4 Å². The summed E-state index contributed by atoms with van der Waals surface area (Å²) in [5.41, 5.74) is 1.86. The Hall–Kier alpha value is -3.02. The van der Waals surface area contributed by atoms with Gasteiger partial charge in [-0.25, -0.2) is 0 Å². The van der Waals surface area contributed by atoms with Gasteiger partial charge in [0.1, 0.15) is 0 Å². The Balaban J connectivity index is 1.68. The van der Waals surface area contributed by atoms with Crippen molar-refractivity contribution in [1.29, 1.82) is 0 Å². The minimum Gasteiger partial charge on any atom is -0.493 e. The second kappa shape index (κ2) is 13.2. The van der Waals surface area contributed by atoms with Gasteiger partial charge < -0.3 is 18.9 Å². The van der Waals surface area contributed by atoms with E-state index in [2.05, 4.69) is 9.98 Å². The molecule has 6 heteroatoms. The van der Waals surface area contributed by atoms with E-state index in [1.54, 1.807) is 28.4 Å². The van der Waals surface area contributed by atoms with Crippen molar-refractivity contribution in [3.05, 3.63) is 47.5 Å². The number of unbranched alkanes of at least 4 members (excludes halogenated alkanes) is 3. The number of hydrogen-bond acceptors (Lipinski definition) is 6. The summed E-state index contributed by atoms with van der Waals surface area (Å²) in [7, 11) is 6.55. The standard InChI is InChI=1S/C24H32N2O4/c1-27-21-13-9-11-19(23(21)29-3)17-25-15-7-5-6-8-16-26-18-20-12-10-14-22(28-2)24(20)30-4/h9-14,17-18H,5-8,15-16H2,1-4H3. The van der Waals surface area contributed by atoms with Gasteiger partial charge in [-0.3, -0.25) is 9.98 Å². The van der Waals surface area contributed by atoms with Crippen LogP contribution in [0.2, 0.25) is 0 Å². The van der Waals surface area contributed by atoms with Gasteiger partial charge in [0.25, 0.3) is 0 Å². The number of hydrogen-bond donors (Lipinski definition) is 0. The first kappa shape index (κ1) is 23.3. The average molecular weight is 413 g/mol. The number of nitrogens with zero attached hydrogens (tertiary/aromatic N) is 2. The number of para-hydroxylation sites is 2. The molecule has 0 spiro atoms. The van der Waals surface area contributed by atoms with Crippen LogP contribution in [0.5, 0.6) is 23.0 Å². The molecule has 0 heterocycles. The largest absolute Gasteiger partial charge is 0.493 e. The molecule has 2 aromatic carbocycles. The highest BCUT2D eigenvalue weighted by atomic mass is 16.5. The fourth-order valence-corrected chi connectivity index (χ4v) is 3.11. The molecule has 162 valence electrons. The third-order valence-corrected chi connectivity index (χ3v) is 4.65. The molecule has 30 heavy (non-hydrogen) atoms. The van der Waals surface area contributed by atoms with Crippen LogP contribution >= 0.6 is 0 Å². The molecule has 0 aliphatic heterocycles. The van der Waals surface area contributed by atoms with E-state index in [0.29, 0.717) is 23.0 Å². The fraction of sp³-hybridized carbons (Fsp3) is 0.417.